The Morgan fingerprint density at radius 3 is 2.23 bits per heavy atom. The van der Waals surface area contributed by atoms with Gasteiger partial charge in [0.2, 0.25) is 0 Å². The summed E-state index contributed by atoms with van der Waals surface area (Å²) in [4.78, 5) is 12.0. The van der Waals surface area contributed by atoms with Crippen LogP contribution in [0.15, 0.2) is 12.1 Å². The maximum atomic E-state index is 12.0. The SMILES string of the molecule is Cc1cc(Cl)cc(C)c1O[C@@H](C)C(=O)NNC(=S)NC(C)C. The molecule has 122 valence electrons. The van der Waals surface area contributed by atoms with Crippen LogP contribution in [0.2, 0.25) is 5.02 Å². The first-order valence-corrected chi connectivity index (χ1v) is 7.79. The van der Waals surface area contributed by atoms with Crippen molar-refractivity contribution in [2.75, 3.05) is 0 Å². The molecule has 0 aliphatic heterocycles. The number of hydrogen-bond acceptors (Lipinski definition) is 3. The van der Waals surface area contributed by atoms with Gasteiger partial charge in [0.1, 0.15) is 5.75 Å². The van der Waals surface area contributed by atoms with Gasteiger partial charge in [-0.05, 0) is 70.1 Å². The van der Waals surface area contributed by atoms with Gasteiger partial charge in [-0.2, -0.15) is 0 Å². The third-order valence-electron chi connectivity index (χ3n) is 2.81. The van der Waals surface area contributed by atoms with E-state index < -0.39 is 6.10 Å². The Kier molecular flexibility index (Phi) is 6.90. The number of carbonyl (C=O) groups is 1. The molecule has 0 unspecified atom stereocenters. The molecular formula is C15H22ClN3O2S. The Morgan fingerprint density at radius 2 is 1.73 bits per heavy atom. The van der Waals surface area contributed by atoms with Crippen LogP contribution in [0.3, 0.4) is 0 Å². The molecule has 7 heteroatoms. The van der Waals surface area contributed by atoms with Crippen LogP contribution in [0.5, 0.6) is 5.75 Å². The molecule has 0 aliphatic carbocycles. The lowest BCUT2D eigenvalue weighted by molar-refractivity contribution is -0.127. The zero-order valence-electron chi connectivity index (χ0n) is 13.4. The second-order valence-electron chi connectivity index (χ2n) is 5.37. The first-order valence-electron chi connectivity index (χ1n) is 7.00. The van der Waals surface area contributed by atoms with Crippen molar-refractivity contribution >= 4 is 34.8 Å². The number of benzene rings is 1. The minimum atomic E-state index is -0.673. The van der Waals surface area contributed by atoms with Crippen molar-refractivity contribution in [2.45, 2.75) is 46.8 Å². The van der Waals surface area contributed by atoms with Crippen molar-refractivity contribution < 1.29 is 9.53 Å². The highest BCUT2D eigenvalue weighted by atomic mass is 35.5. The van der Waals surface area contributed by atoms with Crippen molar-refractivity contribution in [3.8, 4) is 5.75 Å². The molecular weight excluding hydrogens is 322 g/mol. The van der Waals surface area contributed by atoms with Crippen LogP contribution in [0.25, 0.3) is 0 Å². The minimum absolute atomic E-state index is 0.185. The van der Waals surface area contributed by atoms with Gasteiger partial charge < -0.3 is 10.1 Å². The van der Waals surface area contributed by atoms with Crippen molar-refractivity contribution in [1.29, 1.82) is 0 Å². The number of thiocarbonyl (C=S) groups is 1. The topological polar surface area (TPSA) is 62.4 Å². The second kappa shape index (κ2) is 8.19. The molecule has 1 amide bonds. The van der Waals surface area contributed by atoms with Gasteiger partial charge in [-0.15, -0.1) is 0 Å². The van der Waals surface area contributed by atoms with Crippen LogP contribution in [0.4, 0.5) is 0 Å². The second-order valence-corrected chi connectivity index (χ2v) is 6.22. The first-order chi connectivity index (χ1) is 10.2. The Labute approximate surface area is 141 Å². The van der Waals surface area contributed by atoms with Gasteiger partial charge in [-0.25, -0.2) is 0 Å². The molecule has 1 atom stereocenters. The van der Waals surface area contributed by atoms with Gasteiger partial charge in [0.05, 0.1) is 0 Å². The Bertz CT molecular complexity index is 541. The van der Waals surface area contributed by atoms with E-state index in [1.54, 1.807) is 19.1 Å². The maximum Gasteiger partial charge on any atom is 0.279 e. The number of nitrogens with one attached hydrogen (secondary N) is 3. The van der Waals surface area contributed by atoms with Crippen LogP contribution in [0.1, 0.15) is 31.9 Å². The van der Waals surface area contributed by atoms with Crippen molar-refractivity contribution in [3.05, 3.63) is 28.3 Å². The standard InChI is InChI=1S/C15H22ClN3O2S/c1-8(2)17-15(22)19-18-14(20)11(5)21-13-9(3)6-12(16)7-10(13)4/h6-8,11H,1-5H3,(H,18,20)(H2,17,19,22)/t11-/m0/s1. The number of halogens is 1. The number of hydrogen-bond donors (Lipinski definition) is 3. The van der Waals surface area contributed by atoms with E-state index in [2.05, 4.69) is 16.2 Å². The lowest BCUT2D eigenvalue weighted by Gasteiger charge is -2.19. The molecule has 0 aliphatic rings. The van der Waals surface area contributed by atoms with Crippen LogP contribution in [0, 0.1) is 13.8 Å². The average molecular weight is 344 g/mol. The molecule has 0 radical (unpaired) electrons. The highest BCUT2D eigenvalue weighted by molar-refractivity contribution is 7.80. The van der Waals surface area contributed by atoms with Crippen LogP contribution >= 0.6 is 23.8 Å². The summed E-state index contributed by atoms with van der Waals surface area (Å²) in [6.07, 6.45) is -0.673. The Balaban J connectivity index is 2.60. The fourth-order valence-electron chi connectivity index (χ4n) is 1.83. The predicted molar refractivity (Wildman–Crippen MR) is 93.2 cm³/mol. The van der Waals surface area contributed by atoms with Crippen LogP contribution in [-0.2, 0) is 4.79 Å². The predicted octanol–water partition coefficient (Wildman–Crippen LogP) is 2.63. The maximum absolute atomic E-state index is 12.0. The average Bonchev–Trinajstić information content (AvgIpc) is 2.39. The summed E-state index contributed by atoms with van der Waals surface area (Å²) in [6, 6.07) is 3.79. The highest BCUT2D eigenvalue weighted by Gasteiger charge is 2.17. The molecule has 1 aromatic rings. The monoisotopic (exact) mass is 343 g/mol. The van der Waals surface area contributed by atoms with E-state index in [-0.39, 0.29) is 11.9 Å². The molecule has 0 spiro atoms. The van der Waals surface area contributed by atoms with Crippen molar-refractivity contribution in [1.82, 2.24) is 16.2 Å². The van der Waals surface area contributed by atoms with Gasteiger partial charge in [-0.1, -0.05) is 11.6 Å². The number of ether oxygens (including phenoxy) is 1. The summed E-state index contributed by atoms with van der Waals surface area (Å²) in [5, 5.41) is 3.96. The lowest BCUT2D eigenvalue weighted by Crippen LogP contribution is -2.51. The number of hydrazine groups is 1. The molecule has 1 aromatic carbocycles. The van der Waals surface area contributed by atoms with E-state index in [0.717, 1.165) is 11.1 Å². The summed E-state index contributed by atoms with van der Waals surface area (Å²) in [6.45, 7) is 9.35. The lowest BCUT2D eigenvalue weighted by atomic mass is 10.1. The van der Waals surface area contributed by atoms with E-state index in [1.165, 1.54) is 0 Å². The van der Waals surface area contributed by atoms with E-state index in [0.29, 0.717) is 15.9 Å². The zero-order valence-corrected chi connectivity index (χ0v) is 15.0. The molecule has 1 rings (SSSR count). The van der Waals surface area contributed by atoms with Crippen molar-refractivity contribution in [3.63, 3.8) is 0 Å². The minimum Gasteiger partial charge on any atom is -0.480 e. The van der Waals surface area contributed by atoms with Gasteiger partial charge >= 0.3 is 0 Å². The summed E-state index contributed by atoms with van der Waals surface area (Å²) >= 11 is 11.0. The third kappa shape index (κ3) is 5.69. The number of rotatable bonds is 4. The van der Waals surface area contributed by atoms with Gasteiger partial charge in [0.15, 0.2) is 11.2 Å². The molecule has 0 heterocycles. The summed E-state index contributed by atoms with van der Waals surface area (Å²) < 4.78 is 5.73. The van der Waals surface area contributed by atoms with Gasteiger partial charge in [0.25, 0.3) is 5.91 Å². The van der Waals surface area contributed by atoms with Crippen LogP contribution in [-0.4, -0.2) is 23.2 Å². The van der Waals surface area contributed by atoms with Gasteiger partial charge in [0, 0.05) is 11.1 Å². The Hall–Kier alpha value is -1.53. The number of carbonyl (C=O) groups excluding carboxylic acids is 1. The molecule has 0 saturated carbocycles. The molecule has 3 N–H and O–H groups in total. The van der Waals surface area contributed by atoms with E-state index in [9.17, 15) is 4.79 Å². The Morgan fingerprint density at radius 1 is 1.18 bits per heavy atom. The molecule has 0 aromatic heterocycles. The quantitative estimate of drug-likeness (QED) is 0.579. The number of amides is 1. The summed E-state index contributed by atoms with van der Waals surface area (Å²) in [5.74, 6) is 0.344. The fraction of sp³-hybridized carbons (Fsp3) is 0.467. The molecule has 5 nitrogen and oxygen atoms in total. The zero-order chi connectivity index (χ0) is 16.9. The molecule has 0 saturated heterocycles. The third-order valence-corrected chi connectivity index (χ3v) is 3.25. The smallest absolute Gasteiger partial charge is 0.279 e. The fourth-order valence-corrected chi connectivity index (χ4v) is 2.45. The first kappa shape index (κ1) is 18.5. The molecule has 22 heavy (non-hydrogen) atoms. The normalized spacial score (nSPS) is 11.8. The summed E-state index contributed by atoms with van der Waals surface area (Å²) in [5.41, 5.74) is 6.92. The molecule has 0 fully saturated rings. The molecule has 0 bridgehead atoms. The largest absolute Gasteiger partial charge is 0.480 e. The summed E-state index contributed by atoms with van der Waals surface area (Å²) in [7, 11) is 0. The van der Waals surface area contributed by atoms with E-state index >= 15 is 0 Å². The van der Waals surface area contributed by atoms with Crippen molar-refractivity contribution in [2.24, 2.45) is 0 Å². The van der Waals surface area contributed by atoms with E-state index in [1.807, 2.05) is 27.7 Å². The van der Waals surface area contributed by atoms with E-state index in [4.69, 9.17) is 28.6 Å². The highest BCUT2D eigenvalue weighted by Crippen LogP contribution is 2.27. The number of aryl methyl sites for hydroxylation is 2. The van der Waals surface area contributed by atoms with Crippen LogP contribution < -0.4 is 20.9 Å². The van der Waals surface area contributed by atoms with Gasteiger partial charge in [-0.3, -0.25) is 15.6 Å².